The molecule has 0 amide bonds. The minimum absolute atomic E-state index is 0.0905. The Morgan fingerprint density at radius 3 is 2.86 bits per heavy atom. The topological polar surface area (TPSA) is 58.3 Å². The van der Waals surface area contributed by atoms with Crippen LogP contribution in [0.15, 0.2) is 59.5 Å². The van der Waals surface area contributed by atoms with E-state index in [4.69, 9.17) is 16.0 Å². The Bertz CT molecular complexity index is 742. The van der Waals surface area contributed by atoms with Crippen molar-refractivity contribution in [3.63, 3.8) is 0 Å². The minimum atomic E-state index is 0.0905. The molecule has 0 radical (unpaired) electrons. The highest BCUT2D eigenvalue weighted by Gasteiger charge is 2.03. The quantitative estimate of drug-likeness (QED) is 0.753. The maximum atomic E-state index is 9.40. The van der Waals surface area contributed by atoms with Crippen LogP contribution < -0.4 is 5.32 Å². The normalized spacial score (nSPS) is 10.5. The zero-order valence-corrected chi connectivity index (χ0v) is 11.8. The van der Waals surface area contributed by atoms with Gasteiger partial charge in [-0.05, 0) is 29.8 Å². The molecule has 2 N–H and O–H groups in total. The summed E-state index contributed by atoms with van der Waals surface area (Å²) in [6.45, 7) is 0.611. The summed E-state index contributed by atoms with van der Waals surface area (Å²) >= 11 is 5.89. The van der Waals surface area contributed by atoms with Gasteiger partial charge in [0.2, 0.25) is 0 Å². The second-order valence-electron chi connectivity index (χ2n) is 4.59. The van der Waals surface area contributed by atoms with Gasteiger partial charge in [0.15, 0.2) is 12.2 Å². The first-order valence-electron chi connectivity index (χ1n) is 6.42. The molecule has 106 valence electrons. The van der Waals surface area contributed by atoms with E-state index in [2.05, 4.69) is 10.3 Å². The fourth-order valence-electron chi connectivity index (χ4n) is 2.01. The molecular weight excluding hydrogens is 288 g/mol. The molecule has 0 aliphatic carbocycles. The van der Waals surface area contributed by atoms with E-state index in [0.29, 0.717) is 11.6 Å². The molecule has 4 nitrogen and oxygen atoms in total. The number of aromatic nitrogens is 1. The Morgan fingerprint density at radius 2 is 2.10 bits per heavy atom. The first-order chi connectivity index (χ1) is 10.2. The largest absolute Gasteiger partial charge is 0.506 e. The molecular formula is C16H13ClN2O2. The Balaban J connectivity index is 1.73. The molecule has 0 aliphatic heterocycles. The summed E-state index contributed by atoms with van der Waals surface area (Å²) < 4.78 is 5.28. The number of phenols is 1. The smallest absolute Gasteiger partial charge is 0.181 e. The number of phenolic OH excluding ortho intramolecular Hbond substituents is 1. The Hall–Kier alpha value is -2.46. The van der Waals surface area contributed by atoms with Crippen LogP contribution in [0.5, 0.6) is 5.75 Å². The molecule has 3 rings (SSSR count). The fraction of sp³-hybridized carbons (Fsp3) is 0.0625. The molecule has 0 unspecified atom stereocenters. The van der Waals surface area contributed by atoms with E-state index in [-0.39, 0.29) is 5.75 Å². The van der Waals surface area contributed by atoms with Crippen molar-refractivity contribution in [2.45, 2.75) is 6.54 Å². The number of aromatic hydroxyl groups is 1. The summed E-state index contributed by atoms with van der Waals surface area (Å²) in [6.07, 6.45) is 3.09. The number of benzene rings is 2. The van der Waals surface area contributed by atoms with Crippen LogP contribution in [0.25, 0.3) is 11.3 Å². The molecule has 5 heteroatoms. The molecule has 1 aromatic heterocycles. The number of rotatable bonds is 4. The van der Waals surface area contributed by atoms with Crippen LogP contribution >= 0.6 is 11.6 Å². The maximum Gasteiger partial charge on any atom is 0.181 e. The van der Waals surface area contributed by atoms with E-state index in [0.717, 1.165) is 22.6 Å². The van der Waals surface area contributed by atoms with Crippen LogP contribution in [0, 0.1) is 0 Å². The molecule has 0 saturated carbocycles. The van der Waals surface area contributed by atoms with Crippen molar-refractivity contribution in [2.75, 3.05) is 5.32 Å². The first kappa shape index (κ1) is 13.5. The van der Waals surface area contributed by atoms with Crippen LogP contribution in [0.2, 0.25) is 5.02 Å². The van der Waals surface area contributed by atoms with Gasteiger partial charge in [-0.1, -0.05) is 29.8 Å². The van der Waals surface area contributed by atoms with Crippen molar-refractivity contribution in [3.05, 3.63) is 65.6 Å². The summed E-state index contributed by atoms with van der Waals surface area (Å²) in [7, 11) is 0. The van der Waals surface area contributed by atoms with E-state index in [9.17, 15) is 5.11 Å². The van der Waals surface area contributed by atoms with Gasteiger partial charge in [0.05, 0.1) is 11.2 Å². The van der Waals surface area contributed by atoms with Crippen molar-refractivity contribution in [1.82, 2.24) is 4.98 Å². The van der Waals surface area contributed by atoms with Gasteiger partial charge in [-0.2, -0.15) is 0 Å². The number of anilines is 1. The van der Waals surface area contributed by atoms with Gasteiger partial charge in [-0.15, -0.1) is 0 Å². The Labute approximate surface area is 127 Å². The molecule has 0 saturated heterocycles. The van der Waals surface area contributed by atoms with Crippen molar-refractivity contribution in [1.29, 1.82) is 0 Å². The lowest BCUT2D eigenvalue weighted by Gasteiger charge is -2.08. The van der Waals surface area contributed by atoms with Gasteiger partial charge in [0.25, 0.3) is 0 Å². The third-order valence-corrected chi connectivity index (χ3v) is 3.39. The molecule has 0 spiro atoms. The molecule has 0 fully saturated rings. The van der Waals surface area contributed by atoms with E-state index in [1.807, 2.05) is 30.3 Å². The molecule has 21 heavy (non-hydrogen) atoms. The monoisotopic (exact) mass is 300 g/mol. The predicted molar refractivity (Wildman–Crippen MR) is 82.4 cm³/mol. The van der Waals surface area contributed by atoms with Crippen LogP contribution in [0.1, 0.15) is 5.56 Å². The highest BCUT2D eigenvalue weighted by molar-refractivity contribution is 6.32. The average Bonchev–Trinajstić information content (AvgIpc) is 3.03. The fourth-order valence-corrected chi connectivity index (χ4v) is 2.21. The van der Waals surface area contributed by atoms with Crippen molar-refractivity contribution in [3.8, 4) is 17.1 Å². The number of halogens is 1. The van der Waals surface area contributed by atoms with E-state index < -0.39 is 0 Å². The summed E-state index contributed by atoms with van der Waals surface area (Å²) in [5, 5.41) is 13.1. The molecule has 2 aromatic carbocycles. The highest BCUT2D eigenvalue weighted by atomic mass is 35.5. The van der Waals surface area contributed by atoms with Gasteiger partial charge in [-0.3, -0.25) is 0 Å². The van der Waals surface area contributed by atoms with Crippen molar-refractivity contribution < 1.29 is 9.52 Å². The second kappa shape index (κ2) is 5.89. The summed E-state index contributed by atoms with van der Waals surface area (Å²) in [4.78, 5) is 3.91. The van der Waals surface area contributed by atoms with Gasteiger partial charge in [-0.25, -0.2) is 4.98 Å². The lowest BCUT2D eigenvalue weighted by molar-refractivity contribution is 0.475. The zero-order chi connectivity index (χ0) is 14.7. The number of nitrogens with zero attached hydrogens (tertiary/aromatic N) is 1. The standard InChI is InChI=1S/C16H13ClN2O2/c17-14-6-11(4-5-15(14)20)8-19-13-3-1-2-12(7-13)16-9-18-10-21-16/h1-7,9-10,19-20H,8H2. The van der Waals surface area contributed by atoms with Crippen molar-refractivity contribution in [2.24, 2.45) is 0 Å². The predicted octanol–water partition coefficient (Wildman–Crippen LogP) is 4.31. The Kier molecular flexibility index (Phi) is 3.79. The number of hydrogen-bond donors (Lipinski definition) is 2. The second-order valence-corrected chi connectivity index (χ2v) is 4.99. The van der Waals surface area contributed by atoms with E-state index >= 15 is 0 Å². The highest BCUT2D eigenvalue weighted by Crippen LogP contribution is 2.25. The summed E-state index contributed by atoms with van der Waals surface area (Å²) in [6, 6.07) is 13.0. The number of oxazole rings is 1. The van der Waals surface area contributed by atoms with Crippen LogP contribution in [-0.2, 0) is 6.54 Å². The summed E-state index contributed by atoms with van der Waals surface area (Å²) in [5.41, 5.74) is 2.91. The lowest BCUT2D eigenvalue weighted by Crippen LogP contribution is -1.99. The van der Waals surface area contributed by atoms with Gasteiger partial charge < -0.3 is 14.8 Å². The molecule has 0 bridgehead atoms. The number of hydrogen-bond acceptors (Lipinski definition) is 4. The zero-order valence-electron chi connectivity index (χ0n) is 11.1. The maximum absolute atomic E-state index is 9.40. The number of nitrogens with one attached hydrogen (secondary N) is 1. The third kappa shape index (κ3) is 3.17. The minimum Gasteiger partial charge on any atom is -0.506 e. The lowest BCUT2D eigenvalue weighted by atomic mass is 10.1. The third-order valence-electron chi connectivity index (χ3n) is 3.09. The molecule has 0 atom stereocenters. The molecule has 3 aromatic rings. The van der Waals surface area contributed by atoms with Gasteiger partial charge >= 0.3 is 0 Å². The average molecular weight is 301 g/mol. The van der Waals surface area contributed by atoms with Crippen LogP contribution in [0.4, 0.5) is 5.69 Å². The molecule has 0 aliphatic rings. The van der Waals surface area contributed by atoms with E-state index in [1.54, 1.807) is 18.3 Å². The van der Waals surface area contributed by atoms with E-state index in [1.165, 1.54) is 6.39 Å². The SMILES string of the molecule is Oc1ccc(CNc2cccc(-c3cnco3)c2)cc1Cl. The molecule has 1 heterocycles. The van der Waals surface area contributed by atoms with Gasteiger partial charge in [0, 0.05) is 17.8 Å². The van der Waals surface area contributed by atoms with Crippen LogP contribution in [0.3, 0.4) is 0 Å². The Morgan fingerprint density at radius 1 is 1.19 bits per heavy atom. The van der Waals surface area contributed by atoms with Gasteiger partial charge in [0.1, 0.15) is 5.75 Å². The van der Waals surface area contributed by atoms with Crippen molar-refractivity contribution >= 4 is 17.3 Å². The summed E-state index contributed by atoms with van der Waals surface area (Å²) in [5.74, 6) is 0.819. The van der Waals surface area contributed by atoms with Crippen LogP contribution in [-0.4, -0.2) is 10.1 Å². The first-order valence-corrected chi connectivity index (χ1v) is 6.80.